The first-order valence-electron chi connectivity index (χ1n) is 6.60. The number of ketones is 1. The molecule has 0 saturated heterocycles. The average molecular weight is 341 g/mol. The first-order chi connectivity index (χ1) is 10.1. The molecule has 2 nitrogen and oxygen atoms in total. The van der Waals surface area contributed by atoms with Gasteiger partial charge in [0.25, 0.3) is 0 Å². The van der Waals surface area contributed by atoms with Crippen LogP contribution in [0.25, 0.3) is 10.8 Å². The molecule has 3 heteroatoms. The highest BCUT2D eigenvalue weighted by Gasteiger charge is 2.08. The van der Waals surface area contributed by atoms with Crippen molar-refractivity contribution in [2.75, 3.05) is 0 Å². The molecule has 0 radical (unpaired) electrons. The summed E-state index contributed by atoms with van der Waals surface area (Å²) in [4.78, 5) is 11.6. The number of hydrogen-bond donors (Lipinski definition) is 0. The van der Waals surface area contributed by atoms with Gasteiger partial charge in [-0.2, -0.15) is 0 Å². The maximum absolute atomic E-state index is 11.6. The van der Waals surface area contributed by atoms with Crippen LogP contribution >= 0.6 is 15.9 Å². The van der Waals surface area contributed by atoms with Crippen molar-refractivity contribution in [3.63, 3.8) is 0 Å². The van der Waals surface area contributed by atoms with E-state index in [1.807, 2.05) is 48.5 Å². The van der Waals surface area contributed by atoms with Gasteiger partial charge < -0.3 is 4.74 Å². The molecule has 104 valence electrons. The minimum atomic E-state index is -0.00433. The fourth-order valence-corrected chi connectivity index (χ4v) is 2.61. The lowest BCUT2D eigenvalue weighted by Crippen LogP contribution is -1.96. The molecular weight excluding hydrogens is 328 g/mol. The van der Waals surface area contributed by atoms with Gasteiger partial charge in [-0.3, -0.25) is 4.79 Å². The maximum Gasteiger partial charge on any atom is 0.163 e. The van der Waals surface area contributed by atoms with Crippen molar-refractivity contribution in [3.05, 3.63) is 70.7 Å². The van der Waals surface area contributed by atoms with Crippen LogP contribution in [0.3, 0.4) is 0 Å². The van der Waals surface area contributed by atoms with Gasteiger partial charge in [-0.1, -0.05) is 40.2 Å². The van der Waals surface area contributed by atoms with Crippen molar-refractivity contribution >= 4 is 32.5 Å². The standard InChI is InChI=1S/C18H13BrO2/c1-12(20)17-4-2-3-5-18(17)21-16-9-7-13-10-15(19)8-6-14(13)11-16/h2-11H,1H3. The molecule has 0 amide bonds. The van der Waals surface area contributed by atoms with Crippen LogP contribution < -0.4 is 4.74 Å². The van der Waals surface area contributed by atoms with Crippen molar-refractivity contribution in [2.45, 2.75) is 6.92 Å². The van der Waals surface area contributed by atoms with Gasteiger partial charge in [-0.25, -0.2) is 0 Å². The molecular formula is C18H13BrO2. The summed E-state index contributed by atoms with van der Waals surface area (Å²) in [6.45, 7) is 1.54. The zero-order valence-electron chi connectivity index (χ0n) is 11.5. The molecule has 0 aliphatic carbocycles. The predicted octanol–water partition coefficient (Wildman–Crippen LogP) is 5.60. The van der Waals surface area contributed by atoms with Crippen LogP contribution in [-0.4, -0.2) is 5.78 Å². The topological polar surface area (TPSA) is 26.3 Å². The van der Waals surface area contributed by atoms with Crippen molar-refractivity contribution in [3.8, 4) is 11.5 Å². The van der Waals surface area contributed by atoms with Gasteiger partial charge in [0, 0.05) is 4.47 Å². The number of fused-ring (bicyclic) bond motifs is 1. The quantitative estimate of drug-likeness (QED) is 0.580. The van der Waals surface area contributed by atoms with E-state index in [2.05, 4.69) is 22.0 Å². The molecule has 0 fully saturated rings. The average Bonchev–Trinajstić information content (AvgIpc) is 2.48. The van der Waals surface area contributed by atoms with E-state index in [4.69, 9.17) is 4.74 Å². The van der Waals surface area contributed by atoms with Crippen molar-refractivity contribution in [2.24, 2.45) is 0 Å². The number of benzene rings is 3. The van der Waals surface area contributed by atoms with E-state index < -0.39 is 0 Å². The summed E-state index contributed by atoms with van der Waals surface area (Å²) >= 11 is 3.46. The number of hydrogen-bond acceptors (Lipinski definition) is 2. The lowest BCUT2D eigenvalue weighted by molar-refractivity contribution is 0.101. The normalized spacial score (nSPS) is 10.6. The molecule has 0 spiro atoms. The minimum Gasteiger partial charge on any atom is -0.457 e. The van der Waals surface area contributed by atoms with E-state index in [9.17, 15) is 4.79 Å². The van der Waals surface area contributed by atoms with Crippen molar-refractivity contribution in [1.82, 2.24) is 0 Å². The van der Waals surface area contributed by atoms with Crippen LogP contribution in [0.2, 0.25) is 0 Å². The summed E-state index contributed by atoms with van der Waals surface area (Å²) < 4.78 is 6.92. The third kappa shape index (κ3) is 2.98. The number of carbonyl (C=O) groups excluding carboxylic acids is 1. The molecule has 3 aromatic rings. The Balaban J connectivity index is 1.99. The zero-order valence-corrected chi connectivity index (χ0v) is 13.1. The number of halogens is 1. The summed E-state index contributed by atoms with van der Waals surface area (Å²) in [5.41, 5.74) is 0.591. The van der Waals surface area contributed by atoms with E-state index >= 15 is 0 Å². The maximum atomic E-state index is 11.6. The molecule has 0 bridgehead atoms. The Bertz CT molecular complexity index is 824. The molecule has 0 atom stereocenters. The summed E-state index contributed by atoms with van der Waals surface area (Å²) in [6, 6.07) is 19.2. The fourth-order valence-electron chi connectivity index (χ4n) is 2.23. The smallest absolute Gasteiger partial charge is 0.163 e. The summed E-state index contributed by atoms with van der Waals surface area (Å²) in [5, 5.41) is 2.23. The van der Waals surface area contributed by atoms with E-state index in [-0.39, 0.29) is 5.78 Å². The molecule has 0 aliphatic heterocycles. The molecule has 0 saturated carbocycles. The van der Waals surface area contributed by atoms with Crippen molar-refractivity contribution < 1.29 is 9.53 Å². The Morgan fingerprint density at radius 2 is 1.67 bits per heavy atom. The van der Waals surface area contributed by atoms with Gasteiger partial charge in [0.05, 0.1) is 5.56 Å². The number of rotatable bonds is 3. The third-order valence-electron chi connectivity index (χ3n) is 3.27. The van der Waals surface area contributed by atoms with Gasteiger partial charge in [0.1, 0.15) is 11.5 Å². The molecule has 21 heavy (non-hydrogen) atoms. The van der Waals surface area contributed by atoms with Crippen LogP contribution in [0.4, 0.5) is 0 Å². The Labute approximate surface area is 131 Å². The molecule has 0 aliphatic rings. The van der Waals surface area contributed by atoms with E-state index in [0.717, 1.165) is 21.0 Å². The first kappa shape index (κ1) is 13.8. The second-order valence-corrected chi connectivity index (χ2v) is 5.72. The Morgan fingerprint density at radius 3 is 2.48 bits per heavy atom. The molecule has 3 rings (SSSR count). The van der Waals surface area contributed by atoms with E-state index in [1.54, 1.807) is 13.0 Å². The Hall–Kier alpha value is -2.13. The number of para-hydroxylation sites is 1. The van der Waals surface area contributed by atoms with Gasteiger partial charge in [-0.05, 0) is 54.1 Å². The van der Waals surface area contributed by atoms with Gasteiger partial charge in [-0.15, -0.1) is 0 Å². The summed E-state index contributed by atoms with van der Waals surface area (Å²) in [5.74, 6) is 1.30. The summed E-state index contributed by atoms with van der Waals surface area (Å²) in [6.07, 6.45) is 0. The molecule has 0 unspecified atom stereocenters. The minimum absolute atomic E-state index is 0.00433. The SMILES string of the molecule is CC(=O)c1ccccc1Oc1ccc2cc(Br)ccc2c1. The van der Waals surface area contributed by atoms with Crippen LogP contribution in [0.15, 0.2) is 65.1 Å². The number of ether oxygens (including phenoxy) is 1. The van der Waals surface area contributed by atoms with Crippen LogP contribution in [-0.2, 0) is 0 Å². The Morgan fingerprint density at radius 1 is 0.952 bits per heavy atom. The van der Waals surface area contributed by atoms with E-state index in [1.165, 1.54) is 0 Å². The van der Waals surface area contributed by atoms with Gasteiger partial charge in [0.15, 0.2) is 5.78 Å². The number of Topliss-reactive ketones (excluding diaryl/α,β-unsaturated/α-hetero) is 1. The molecule has 0 N–H and O–H groups in total. The van der Waals surface area contributed by atoms with Crippen LogP contribution in [0.5, 0.6) is 11.5 Å². The summed E-state index contributed by atoms with van der Waals surface area (Å²) in [7, 11) is 0. The second-order valence-electron chi connectivity index (χ2n) is 4.81. The second kappa shape index (κ2) is 5.70. The molecule has 3 aromatic carbocycles. The lowest BCUT2D eigenvalue weighted by atomic mass is 10.1. The highest BCUT2D eigenvalue weighted by Crippen LogP contribution is 2.29. The monoisotopic (exact) mass is 340 g/mol. The van der Waals surface area contributed by atoms with Crippen LogP contribution in [0.1, 0.15) is 17.3 Å². The lowest BCUT2D eigenvalue weighted by Gasteiger charge is -2.10. The first-order valence-corrected chi connectivity index (χ1v) is 7.40. The predicted molar refractivity (Wildman–Crippen MR) is 88.2 cm³/mol. The fraction of sp³-hybridized carbons (Fsp3) is 0.0556. The Kier molecular flexibility index (Phi) is 3.76. The molecule has 0 aromatic heterocycles. The van der Waals surface area contributed by atoms with E-state index in [0.29, 0.717) is 11.3 Å². The largest absolute Gasteiger partial charge is 0.457 e. The highest BCUT2D eigenvalue weighted by molar-refractivity contribution is 9.10. The van der Waals surface area contributed by atoms with Crippen LogP contribution in [0, 0.1) is 0 Å². The third-order valence-corrected chi connectivity index (χ3v) is 3.76. The zero-order chi connectivity index (χ0) is 14.8. The number of carbonyl (C=O) groups is 1. The highest BCUT2D eigenvalue weighted by atomic mass is 79.9. The van der Waals surface area contributed by atoms with Crippen molar-refractivity contribution in [1.29, 1.82) is 0 Å². The van der Waals surface area contributed by atoms with Gasteiger partial charge >= 0.3 is 0 Å². The molecule has 0 heterocycles. The van der Waals surface area contributed by atoms with Gasteiger partial charge in [0.2, 0.25) is 0 Å².